The van der Waals surface area contributed by atoms with Gasteiger partial charge in [-0.3, -0.25) is 9.10 Å². The fourth-order valence-corrected chi connectivity index (χ4v) is 4.77. The molecule has 0 saturated heterocycles. The van der Waals surface area contributed by atoms with Crippen molar-refractivity contribution < 1.29 is 26.4 Å². The lowest BCUT2D eigenvalue weighted by Gasteiger charge is -2.34. The van der Waals surface area contributed by atoms with Crippen LogP contribution < -0.4 is 14.4 Å². The number of hydrogen-bond acceptors (Lipinski definition) is 6. The summed E-state index contributed by atoms with van der Waals surface area (Å²) >= 11 is 5.97. The van der Waals surface area contributed by atoms with E-state index in [0.29, 0.717) is 10.6 Å². The standard InChI is InChI=1S/C19H21ClN2O6S2/c1-12(13-4-7-15(8-5-13)29(2,24)25)21-19(23)18-11-22(30(3,26)27)16-10-14(20)6-9-17(16)28-18/h4-10,12,18H,11H2,1-3H3,(H,21,23)/t12-,18-/m1/s1. The zero-order valence-electron chi connectivity index (χ0n) is 16.5. The van der Waals surface area contributed by atoms with Crippen molar-refractivity contribution in [3.63, 3.8) is 0 Å². The minimum absolute atomic E-state index is 0.180. The topological polar surface area (TPSA) is 110 Å². The predicted octanol–water partition coefficient (Wildman–Crippen LogP) is 2.15. The Morgan fingerprint density at radius 1 is 1.13 bits per heavy atom. The van der Waals surface area contributed by atoms with Crippen LogP contribution in [0.1, 0.15) is 18.5 Å². The normalized spacial score (nSPS) is 17.6. The second kappa shape index (κ2) is 8.09. The second-order valence-corrected chi connectivity index (χ2v) is 11.4. The van der Waals surface area contributed by atoms with Gasteiger partial charge in [0.2, 0.25) is 10.0 Å². The minimum atomic E-state index is -3.66. The van der Waals surface area contributed by atoms with Crippen LogP contribution >= 0.6 is 11.6 Å². The van der Waals surface area contributed by atoms with Gasteiger partial charge in [0.1, 0.15) is 5.75 Å². The van der Waals surface area contributed by atoms with Crippen molar-refractivity contribution in [3.05, 3.63) is 53.1 Å². The van der Waals surface area contributed by atoms with E-state index in [9.17, 15) is 21.6 Å². The molecule has 0 aliphatic carbocycles. The Bertz CT molecular complexity index is 1180. The van der Waals surface area contributed by atoms with Gasteiger partial charge in [-0.05, 0) is 42.8 Å². The van der Waals surface area contributed by atoms with Crippen LogP contribution in [0, 0.1) is 0 Å². The van der Waals surface area contributed by atoms with Crippen molar-refractivity contribution in [3.8, 4) is 5.75 Å². The number of benzene rings is 2. The highest BCUT2D eigenvalue weighted by molar-refractivity contribution is 7.92. The maximum atomic E-state index is 12.8. The third kappa shape index (κ3) is 4.88. The van der Waals surface area contributed by atoms with Crippen molar-refractivity contribution in [2.75, 3.05) is 23.4 Å². The Morgan fingerprint density at radius 2 is 1.77 bits per heavy atom. The van der Waals surface area contributed by atoms with E-state index in [1.54, 1.807) is 25.1 Å². The lowest BCUT2D eigenvalue weighted by Crippen LogP contribution is -2.50. The van der Waals surface area contributed by atoms with Crippen LogP contribution in [0.3, 0.4) is 0 Å². The summed E-state index contributed by atoms with van der Waals surface area (Å²) in [5, 5.41) is 3.12. The molecule has 1 amide bonds. The summed E-state index contributed by atoms with van der Waals surface area (Å²) in [7, 11) is -6.98. The number of sulfonamides is 1. The van der Waals surface area contributed by atoms with Crippen LogP contribution in [0.4, 0.5) is 5.69 Å². The number of nitrogens with one attached hydrogen (secondary N) is 1. The number of sulfone groups is 1. The largest absolute Gasteiger partial charge is 0.476 e. The first kappa shape index (κ1) is 22.4. The van der Waals surface area contributed by atoms with Gasteiger partial charge in [-0.15, -0.1) is 0 Å². The molecule has 2 aromatic carbocycles. The minimum Gasteiger partial charge on any atom is -0.476 e. The van der Waals surface area contributed by atoms with Gasteiger partial charge in [0.25, 0.3) is 5.91 Å². The number of nitrogens with zero attached hydrogens (tertiary/aromatic N) is 1. The Morgan fingerprint density at radius 3 is 2.33 bits per heavy atom. The molecule has 8 nitrogen and oxygen atoms in total. The third-order valence-electron chi connectivity index (χ3n) is 4.65. The van der Waals surface area contributed by atoms with E-state index in [2.05, 4.69) is 5.32 Å². The lowest BCUT2D eigenvalue weighted by atomic mass is 10.1. The molecule has 0 aromatic heterocycles. The third-order valence-corrected chi connectivity index (χ3v) is 7.16. The molecule has 30 heavy (non-hydrogen) atoms. The van der Waals surface area contributed by atoms with Crippen LogP contribution in [0.2, 0.25) is 5.02 Å². The number of hydrogen-bond donors (Lipinski definition) is 1. The molecule has 2 aromatic rings. The molecular weight excluding hydrogens is 452 g/mol. The number of amides is 1. The average molecular weight is 473 g/mol. The quantitative estimate of drug-likeness (QED) is 0.714. The zero-order chi connectivity index (χ0) is 22.3. The summed E-state index contributed by atoms with van der Waals surface area (Å²) in [6.45, 7) is 1.54. The molecule has 1 aliphatic heterocycles. The van der Waals surface area contributed by atoms with Crippen LogP contribution in [-0.2, 0) is 24.7 Å². The highest BCUT2D eigenvalue weighted by Crippen LogP contribution is 2.37. The van der Waals surface area contributed by atoms with Crippen molar-refractivity contribution in [1.29, 1.82) is 0 Å². The van der Waals surface area contributed by atoms with Gasteiger partial charge in [0, 0.05) is 11.3 Å². The van der Waals surface area contributed by atoms with E-state index < -0.39 is 37.9 Å². The van der Waals surface area contributed by atoms with Crippen LogP contribution in [0.15, 0.2) is 47.4 Å². The molecule has 0 fully saturated rings. The Balaban J connectivity index is 1.79. The molecule has 0 bridgehead atoms. The first-order valence-electron chi connectivity index (χ1n) is 8.90. The van der Waals surface area contributed by atoms with Crippen molar-refractivity contribution >= 4 is 43.1 Å². The van der Waals surface area contributed by atoms with Crippen molar-refractivity contribution in [1.82, 2.24) is 5.32 Å². The van der Waals surface area contributed by atoms with Gasteiger partial charge in [-0.2, -0.15) is 0 Å². The maximum absolute atomic E-state index is 12.8. The van der Waals surface area contributed by atoms with Gasteiger partial charge < -0.3 is 10.1 Å². The number of ether oxygens (including phenoxy) is 1. The van der Waals surface area contributed by atoms with Gasteiger partial charge in [0.15, 0.2) is 15.9 Å². The highest BCUT2D eigenvalue weighted by Gasteiger charge is 2.35. The summed E-state index contributed by atoms with van der Waals surface area (Å²) in [5.74, 6) is -0.259. The van der Waals surface area contributed by atoms with E-state index in [-0.39, 0.29) is 22.9 Å². The van der Waals surface area contributed by atoms with Gasteiger partial charge >= 0.3 is 0 Å². The fraction of sp³-hybridized carbons (Fsp3) is 0.316. The predicted molar refractivity (Wildman–Crippen MR) is 114 cm³/mol. The number of carbonyl (C=O) groups excluding carboxylic acids is 1. The number of halogens is 1. The number of rotatable bonds is 5. The first-order chi connectivity index (χ1) is 13.9. The van der Waals surface area contributed by atoms with E-state index in [1.807, 2.05) is 0 Å². The van der Waals surface area contributed by atoms with E-state index >= 15 is 0 Å². The molecular formula is C19H21ClN2O6S2. The number of anilines is 1. The molecule has 0 spiro atoms. The van der Waals surface area contributed by atoms with Crippen LogP contribution in [0.5, 0.6) is 5.75 Å². The molecule has 162 valence electrons. The molecule has 0 saturated carbocycles. The molecule has 0 unspecified atom stereocenters. The molecule has 2 atom stereocenters. The number of fused-ring (bicyclic) bond motifs is 1. The molecule has 1 N–H and O–H groups in total. The average Bonchev–Trinajstić information content (AvgIpc) is 2.65. The maximum Gasteiger partial charge on any atom is 0.263 e. The Hall–Kier alpha value is -2.30. The van der Waals surface area contributed by atoms with Crippen LogP contribution in [-0.4, -0.2) is 47.9 Å². The Kier molecular flexibility index (Phi) is 6.03. The highest BCUT2D eigenvalue weighted by atomic mass is 35.5. The smallest absolute Gasteiger partial charge is 0.263 e. The lowest BCUT2D eigenvalue weighted by molar-refractivity contribution is -0.128. The number of carbonyl (C=O) groups is 1. The van der Waals surface area contributed by atoms with Gasteiger partial charge in [-0.25, -0.2) is 16.8 Å². The molecule has 1 heterocycles. The van der Waals surface area contributed by atoms with Gasteiger partial charge in [0.05, 0.1) is 29.4 Å². The second-order valence-electron chi connectivity index (χ2n) is 7.08. The van der Waals surface area contributed by atoms with Crippen molar-refractivity contribution in [2.45, 2.75) is 24.0 Å². The molecule has 11 heteroatoms. The Labute approximate surface area is 180 Å². The summed E-state index contributed by atoms with van der Waals surface area (Å²) in [6.07, 6.45) is 1.10. The van der Waals surface area contributed by atoms with E-state index in [1.165, 1.54) is 24.3 Å². The molecule has 3 rings (SSSR count). The summed E-state index contributed by atoms with van der Waals surface area (Å²) in [6, 6.07) is 10.2. The van der Waals surface area contributed by atoms with Crippen molar-refractivity contribution in [2.24, 2.45) is 0 Å². The van der Waals surface area contributed by atoms with Crippen LogP contribution in [0.25, 0.3) is 0 Å². The summed E-state index contributed by atoms with van der Waals surface area (Å²) in [5.41, 5.74) is 0.970. The SMILES string of the molecule is C[C@@H](NC(=O)[C@H]1CN(S(C)(=O)=O)c2cc(Cl)ccc2O1)c1ccc(S(C)(=O)=O)cc1. The summed E-state index contributed by atoms with van der Waals surface area (Å²) < 4.78 is 54.4. The van der Waals surface area contributed by atoms with Gasteiger partial charge in [-0.1, -0.05) is 23.7 Å². The fourth-order valence-electron chi connectivity index (χ4n) is 3.07. The van der Waals surface area contributed by atoms with E-state index in [4.69, 9.17) is 16.3 Å². The zero-order valence-corrected chi connectivity index (χ0v) is 18.9. The van der Waals surface area contributed by atoms with E-state index in [0.717, 1.165) is 16.8 Å². The first-order valence-corrected chi connectivity index (χ1v) is 13.0. The molecule has 1 aliphatic rings. The monoisotopic (exact) mass is 472 g/mol. The summed E-state index contributed by atoms with van der Waals surface area (Å²) in [4.78, 5) is 13.0. The molecule has 0 radical (unpaired) electrons.